The van der Waals surface area contributed by atoms with E-state index in [1.165, 1.54) is 0 Å². The monoisotopic (exact) mass is 110 g/mol. The SMILES string of the molecule is C1=CN=[SiH]NC=C1. The van der Waals surface area contributed by atoms with E-state index >= 15 is 0 Å². The first-order valence-corrected chi connectivity index (χ1v) is 3.19. The number of hydrogen-bond acceptors (Lipinski definition) is 2. The fourth-order valence-electron chi connectivity index (χ4n) is 0.340. The zero-order chi connectivity index (χ0) is 4.95. The average Bonchev–Trinajstić information content (AvgIpc) is 1.90. The van der Waals surface area contributed by atoms with Crippen LogP contribution >= 0.6 is 0 Å². The molecule has 1 aliphatic rings. The van der Waals surface area contributed by atoms with Gasteiger partial charge in [-0.2, -0.15) is 0 Å². The molecule has 0 spiro atoms. The smallest absolute Gasteiger partial charge is 0.228 e. The van der Waals surface area contributed by atoms with E-state index in [4.69, 9.17) is 0 Å². The summed E-state index contributed by atoms with van der Waals surface area (Å²) in [7, 11) is 0.0856. The molecule has 1 aliphatic heterocycles. The summed E-state index contributed by atoms with van der Waals surface area (Å²) in [4.78, 5) is 3.02. The van der Waals surface area contributed by atoms with Gasteiger partial charge in [-0.05, 0) is 18.4 Å². The lowest BCUT2D eigenvalue weighted by Gasteiger charge is -1.77. The highest BCUT2D eigenvalue weighted by Crippen LogP contribution is 1.77. The molecule has 0 unspecified atom stereocenters. The second-order valence-electron chi connectivity index (χ2n) is 1.15. The summed E-state index contributed by atoms with van der Waals surface area (Å²) in [6.45, 7) is 0. The van der Waals surface area contributed by atoms with Crippen LogP contribution in [-0.4, -0.2) is 9.47 Å². The summed E-state index contributed by atoms with van der Waals surface area (Å²) < 4.78 is 4.00. The van der Waals surface area contributed by atoms with E-state index in [-0.39, 0.29) is 9.47 Å². The highest BCUT2D eigenvalue weighted by molar-refractivity contribution is 6.18. The summed E-state index contributed by atoms with van der Waals surface area (Å²) in [6, 6.07) is 0. The van der Waals surface area contributed by atoms with E-state index in [0.717, 1.165) is 0 Å². The second-order valence-corrected chi connectivity index (χ2v) is 2.04. The average molecular weight is 110 g/mol. The minimum atomic E-state index is 0.0856. The molecule has 0 aromatic rings. The van der Waals surface area contributed by atoms with E-state index in [0.29, 0.717) is 0 Å². The fourth-order valence-corrected chi connectivity index (χ4v) is 0.808. The first-order chi connectivity index (χ1) is 3.50. The van der Waals surface area contributed by atoms with Crippen molar-refractivity contribution in [3.8, 4) is 0 Å². The molecule has 0 aromatic heterocycles. The molecule has 0 saturated heterocycles. The lowest BCUT2D eigenvalue weighted by Crippen LogP contribution is -1.99. The van der Waals surface area contributed by atoms with Crippen molar-refractivity contribution in [1.29, 1.82) is 0 Å². The van der Waals surface area contributed by atoms with Crippen LogP contribution in [0.3, 0.4) is 0 Å². The maximum absolute atomic E-state index is 4.00. The Kier molecular flexibility index (Phi) is 1.57. The first kappa shape index (κ1) is 4.46. The van der Waals surface area contributed by atoms with E-state index in [2.05, 4.69) is 9.62 Å². The first-order valence-electron chi connectivity index (χ1n) is 2.09. The molecule has 0 saturated carbocycles. The van der Waals surface area contributed by atoms with Crippen molar-refractivity contribution < 1.29 is 0 Å². The standard InChI is InChI=1S/C4H6N2Si/c1-2-4-6-7-5-3-1/h1-5,7H. The molecular weight excluding hydrogens is 104 g/mol. The Balaban J connectivity index is 2.60. The second kappa shape index (κ2) is 2.47. The minimum Gasteiger partial charge on any atom is -0.386 e. The quantitative estimate of drug-likeness (QED) is 0.441. The van der Waals surface area contributed by atoms with E-state index in [1.54, 1.807) is 0 Å². The molecule has 0 amide bonds. The van der Waals surface area contributed by atoms with Gasteiger partial charge in [0, 0.05) is 6.20 Å². The van der Waals surface area contributed by atoms with Crippen molar-refractivity contribution >= 4 is 9.47 Å². The molecule has 2 nitrogen and oxygen atoms in total. The number of rotatable bonds is 0. The topological polar surface area (TPSA) is 24.4 Å². The Morgan fingerprint density at radius 3 is 3.43 bits per heavy atom. The van der Waals surface area contributed by atoms with Gasteiger partial charge in [0.05, 0.1) is 0 Å². The molecule has 0 aliphatic carbocycles. The van der Waals surface area contributed by atoms with Crippen molar-refractivity contribution in [1.82, 2.24) is 4.98 Å². The number of nitrogens with one attached hydrogen (secondary N) is 1. The minimum absolute atomic E-state index is 0.0856. The van der Waals surface area contributed by atoms with Crippen LogP contribution in [0.25, 0.3) is 0 Å². The fraction of sp³-hybridized carbons (Fsp3) is 0. The summed E-state index contributed by atoms with van der Waals surface area (Å²) in [5.74, 6) is 0. The van der Waals surface area contributed by atoms with Crippen LogP contribution in [0.15, 0.2) is 29.2 Å². The van der Waals surface area contributed by atoms with Gasteiger partial charge in [0.2, 0.25) is 9.47 Å². The van der Waals surface area contributed by atoms with Gasteiger partial charge in [-0.1, -0.05) is 0 Å². The lowest BCUT2D eigenvalue weighted by molar-refractivity contribution is 1.37. The van der Waals surface area contributed by atoms with Crippen LogP contribution < -0.4 is 4.98 Å². The number of allylic oxidation sites excluding steroid dienone is 2. The maximum Gasteiger partial charge on any atom is 0.228 e. The predicted molar refractivity (Wildman–Crippen MR) is 31.0 cm³/mol. The van der Waals surface area contributed by atoms with E-state index in [9.17, 15) is 0 Å². The van der Waals surface area contributed by atoms with Crippen LogP contribution in [0.4, 0.5) is 0 Å². The Morgan fingerprint density at radius 2 is 2.43 bits per heavy atom. The Bertz CT molecular complexity index is 112. The number of nitrogens with zero attached hydrogens (tertiary/aromatic N) is 1. The molecular formula is C4H6N2Si. The summed E-state index contributed by atoms with van der Waals surface area (Å²) >= 11 is 0. The van der Waals surface area contributed by atoms with Crippen molar-refractivity contribution in [2.75, 3.05) is 0 Å². The molecule has 1 rings (SSSR count). The molecule has 3 heteroatoms. The van der Waals surface area contributed by atoms with Crippen LogP contribution in [0.2, 0.25) is 0 Å². The van der Waals surface area contributed by atoms with Crippen molar-refractivity contribution in [3.05, 3.63) is 24.6 Å². The molecule has 0 bridgehead atoms. The highest BCUT2D eigenvalue weighted by atomic mass is 28.2. The zero-order valence-corrected chi connectivity index (χ0v) is 4.99. The summed E-state index contributed by atoms with van der Waals surface area (Å²) in [5, 5.41) is 0. The van der Waals surface area contributed by atoms with Crippen LogP contribution in [0.5, 0.6) is 0 Å². The molecule has 1 N–H and O–H groups in total. The third-order valence-corrected chi connectivity index (χ3v) is 1.29. The van der Waals surface area contributed by atoms with Gasteiger partial charge in [0.25, 0.3) is 0 Å². The third-order valence-electron chi connectivity index (χ3n) is 0.625. The van der Waals surface area contributed by atoms with Crippen LogP contribution in [-0.2, 0) is 0 Å². The normalized spacial score (nSPS) is 16.0. The highest BCUT2D eigenvalue weighted by Gasteiger charge is 1.69. The largest absolute Gasteiger partial charge is 0.386 e. The lowest BCUT2D eigenvalue weighted by atomic mass is 10.6. The molecule has 36 valence electrons. The maximum atomic E-state index is 4.00. The predicted octanol–water partition coefficient (Wildman–Crippen LogP) is 0.152. The van der Waals surface area contributed by atoms with Gasteiger partial charge < -0.3 is 4.98 Å². The molecule has 7 heavy (non-hydrogen) atoms. The van der Waals surface area contributed by atoms with Gasteiger partial charge in [-0.3, -0.25) is 4.63 Å². The van der Waals surface area contributed by atoms with Gasteiger partial charge in [-0.25, -0.2) is 0 Å². The van der Waals surface area contributed by atoms with Crippen molar-refractivity contribution in [2.45, 2.75) is 0 Å². The van der Waals surface area contributed by atoms with Crippen LogP contribution in [0, 0.1) is 0 Å². The summed E-state index contributed by atoms with van der Waals surface area (Å²) in [5.41, 5.74) is 0. The van der Waals surface area contributed by atoms with E-state index in [1.807, 2.05) is 24.6 Å². The van der Waals surface area contributed by atoms with Gasteiger partial charge >= 0.3 is 0 Å². The van der Waals surface area contributed by atoms with Gasteiger partial charge in [0.1, 0.15) is 0 Å². The molecule has 0 fully saturated rings. The van der Waals surface area contributed by atoms with Crippen molar-refractivity contribution in [2.24, 2.45) is 4.63 Å². The molecule has 0 radical (unpaired) electrons. The zero-order valence-electron chi connectivity index (χ0n) is 3.83. The van der Waals surface area contributed by atoms with Gasteiger partial charge in [-0.15, -0.1) is 0 Å². The number of hydrogen-bond donors (Lipinski definition) is 1. The van der Waals surface area contributed by atoms with Gasteiger partial charge in [0.15, 0.2) is 0 Å². The Morgan fingerprint density at radius 1 is 1.43 bits per heavy atom. The van der Waals surface area contributed by atoms with E-state index < -0.39 is 0 Å². The Hall–Kier alpha value is -0.703. The Labute approximate surface area is 44.6 Å². The van der Waals surface area contributed by atoms with Crippen molar-refractivity contribution in [3.63, 3.8) is 0 Å². The summed E-state index contributed by atoms with van der Waals surface area (Å²) in [6.07, 6.45) is 7.56. The van der Waals surface area contributed by atoms with Crippen LogP contribution in [0.1, 0.15) is 0 Å². The molecule has 0 aromatic carbocycles. The molecule has 0 atom stereocenters. The third kappa shape index (κ3) is 1.45. The molecule has 1 heterocycles.